The number of esters is 1. The number of hydrogen-bond donors (Lipinski definition) is 2. The Morgan fingerprint density at radius 1 is 0.967 bits per heavy atom. The molecule has 0 saturated heterocycles. The van der Waals surface area contributed by atoms with Crippen LogP contribution in [0.3, 0.4) is 0 Å². The summed E-state index contributed by atoms with van der Waals surface area (Å²) in [6.07, 6.45) is 2.20. The van der Waals surface area contributed by atoms with Crippen LogP contribution in [0.2, 0.25) is 0 Å². The molecule has 1 atom stereocenters. The van der Waals surface area contributed by atoms with Crippen molar-refractivity contribution in [1.29, 1.82) is 0 Å². The predicted molar refractivity (Wildman–Crippen MR) is 116 cm³/mol. The lowest BCUT2D eigenvalue weighted by Crippen LogP contribution is -2.36. The lowest BCUT2D eigenvalue weighted by Gasteiger charge is -2.11. The van der Waals surface area contributed by atoms with Crippen LogP contribution in [0.4, 0.5) is 0 Å². The van der Waals surface area contributed by atoms with Gasteiger partial charge in [-0.1, -0.05) is 30.3 Å². The van der Waals surface area contributed by atoms with E-state index in [4.69, 9.17) is 14.9 Å². The van der Waals surface area contributed by atoms with Crippen LogP contribution in [-0.4, -0.2) is 17.0 Å². The molecule has 0 aliphatic rings. The van der Waals surface area contributed by atoms with Crippen molar-refractivity contribution < 1.29 is 13.9 Å². The fourth-order valence-corrected chi connectivity index (χ4v) is 3.66. The van der Waals surface area contributed by atoms with E-state index < -0.39 is 12.0 Å². The first-order valence-electron chi connectivity index (χ1n) is 9.58. The second-order valence-corrected chi connectivity index (χ2v) is 7.18. The number of nitrogens with two attached hydrogens (primary N) is 1. The van der Waals surface area contributed by atoms with Crippen molar-refractivity contribution in [2.24, 2.45) is 5.73 Å². The Kier molecular flexibility index (Phi) is 4.34. The predicted octanol–water partition coefficient (Wildman–Crippen LogP) is 3.90. The van der Waals surface area contributed by atoms with Gasteiger partial charge in [-0.2, -0.15) is 0 Å². The number of carbonyl (C=O) groups is 1. The molecule has 2 heterocycles. The lowest BCUT2D eigenvalue weighted by atomic mass is 10.1. The Balaban J connectivity index is 1.39. The fourth-order valence-electron chi connectivity index (χ4n) is 3.66. The van der Waals surface area contributed by atoms with Gasteiger partial charge in [0.2, 0.25) is 5.43 Å². The molecule has 0 radical (unpaired) electrons. The van der Waals surface area contributed by atoms with Gasteiger partial charge in [-0.15, -0.1) is 0 Å². The van der Waals surface area contributed by atoms with Crippen molar-refractivity contribution in [1.82, 2.24) is 4.98 Å². The minimum absolute atomic E-state index is 0.124. The van der Waals surface area contributed by atoms with Crippen molar-refractivity contribution >= 4 is 38.8 Å². The first kappa shape index (κ1) is 18.1. The molecule has 0 aliphatic heterocycles. The average Bonchev–Trinajstić information content (AvgIpc) is 3.16. The summed E-state index contributed by atoms with van der Waals surface area (Å²) < 4.78 is 11.3. The van der Waals surface area contributed by atoms with E-state index in [1.165, 1.54) is 0 Å². The third-order valence-electron chi connectivity index (χ3n) is 5.19. The first-order chi connectivity index (χ1) is 14.6. The highest BCUT2D eigenvalue weighted by molar-refractivity contribution is 5.91. The van der Waals surface area contributed by atoms with Gasteiger partial charge in [0, 0.05) is 29.6 Å². The Morgan fingerprint density at radius 3 is 2.57 bits per heavy atom. The molecule has 3 N–H and O–H groups in total. The van der Waals surface area contributed by atoms with Gasteiger partial charge < -0.3 is 19.9 Å². The molecule has 0 saturated carbocycles. The summed E-state index contributed by atoms with van der Waals surface area (Å²) in [7, 11) is 0. The number of hydrogen-bond acceptors (Lipinski definition) is 5. The van der Waals surface area contributed by atoms with Crippen LogP contribution in [-0.2, 0) is 11.2 Å². The quantitative estimate of drug-likeness (QED) is 0.272. The van der Waals surface area contributed by atoms with E-state index in [0.717, 1.165) is 16.5 Å². The number of aromatic amines is 1. The van der Waals surface area contributed by atoms with Gasteiger partial charge in [-0.25, -0.2) is 4.79 Å². The number of para-hydroxylation sites is 2. The molecule has 0 bridgehead atoms. The van der Waals surface area contributed by atoms with E-state index >= 15 is 0 Å². The van der Waals surface area contributed by atoms with Gasteiger partial charge in [0.05, 0.1) is 10.8 Å². The standard InChI is InChI=1S/C24H18N2O4/c25-19(11-14-13-26-20-7-3-1-5-16(14)20)24(28)29-15-9-10-18-22(12-15)30-21-8-4-2-6-17(21)23(18)27/h1-10,12-13,19,26H,11,25H2/t19-/m0/s1. The Hall–Kier alpha value is -3.90. The number of rotatable bonds is 4. The maximum atomic E-state index is 12.6. The summed E-state index contributed by atoms with van der Waals surface area (Å²) in [5, 5.41) is 1.96. The maximum Gasteiger partial charge on any atom is 0.328 e. The number of carbonyl (C=O) groups excluding carboxylic acids is 1. The molecule has 5 rings (SSSR count). The average molecular weight is 398 g/mol. The number of H-pyrrole nitrogens is 1. The highest BCUT2D eigenvalue weighted by Crippen LogP contribution is 2.24. The van der Waals surface area contributed by atoms with Crippen molar-refractivity contribution in [3.05, 3.63) is 88.7 Å². The van der Waals surface area contributed by atoms with Crippen molar-refractivity contribution in [3.63, 3.8) is 0 Å². The van der Waals surface area contributed by atoms with Crippen LogP contribution in [0.1, 0.15) is 5.56 Å². The SMILES string of the molecule is N[C@@H](Cc1c[nH]c2ccccc12)C(=O)Oc1ccc2c(=O)c3ccccc3oc2c1. The smallest absolute Gasteiger partial charge is 0.328 e. The van der Waals surface area contributed by atoms with Gasteiger partial charge in [-0.05, 0) is 35.9 Å². The molecule has 0 spiro atoms. The second-order valence-electron chi connectivity index (χ2n) is 7.18. The molecule has 0 unspecified atom stereocenters. The van der Waals surface area contributed by atoms with E-state index in [-0.39, 0.29) is 11.2 Å². The first-order valence-corrected chi connectivity index (χ1v) is 9.58. The zero-order valence-corrected chi connectivity index (χ0v) is 15.9. The molecule has 6 heteroatoms. The largest absolute Gasteiger partial charge is 0.456 e. The molecular formula is C24H18N2O4. The zero-order chi connectivity index (χ0) is 20.7. The summed E-state index contributed by atoms with van der Waals surface area (Å²) >= 11 is 0. The number of benzene rings is 3. The maximum absolute atomic E-state index is 12.6. The minimum atomic E-state index is -0.830. The summed E-state index contributed by atoms with van der Waals surface area (Å²) in [6.45, 7) is 0. The van der Waals surface area contributed by atoms with Crippen molar-refractivity contribution in [2.45, 2.75) is 12.5 Å². The molecule has 148 valence electrons. The number of ether oxygens (including phenoxy) is 1. The Morgan fingerprint density at radius 2 is 1.70 bits per heavy atom. The van der Waals surface area contributed by atoms with Crippen LogP contribution in [0.5, 0.6) is 5.75 Å². The van der Waals surface area contributed by atoms with Gasteiger partial charge in [0.15, 0.2) is 0 Å². The molecule has 0 amide bonds. The third-order valence-corrected chi connectivity index (χ3v) is 5.19. The van der Waals surface area contributed by atoms with Crippen LogP contribution in [0, 0.1) is 0 Å². The molecule has 0 fully saturated rings. The molecule has 0 aliphatic carbocycles. The van der Waals surface area contributed by atoms with E-state index in [1.807, 2.05) is 30.5 Å². The van der Waals surface area contributed by atoms with Crippen molar-refractivity contribution in [2.75, 3.05) is 0 Å². The van der Waals surface area contributed by atoms with Gasteiger partial charge >= 0.3 is 5.97 Å². The molecule has 5 aromatic rings. The monoisotopic (exact) mass is 398 g/mol. The summed E-state index contributed by atoms with van der Waals surface area (Å²) in [5.41, 5.74) is 8.75. The van der Waals surface area contributed by atoms with E-state index in [0.29, 0.717) is 28.4 Å². The summed E-state index contributed by atoms with van der Waals surface area (Å²) in [5.74, 6) is -0.275. The highest BCUT2D eigenvalue weighted by atomic mass is 16.5. The van der Waals surface area contributed by atoms with E-state index in [9.17, 15) is 9.59 Å². The molecule has 2 aromatic heterocycles. The zero-order valence-electron chi connectivity index (χ0n) is 15.9. The van der Waals surface area contributed by atoms with Crippen LogP contribution < -0.4 is 15.9 Å². The van der Waals surface area contributed by atoms with Crippen LogP contribution in [0.15, 0.2) is 82.1 Å². The van der Waals surface area contributed by atoms with Gasteiger partial charge in [-0.3, -0.25) is 4.79 Å². The van der Waals surface area contributed by atoms with Crippen LogP contribution in [0.25, 0.3) is 32.8 Å². The number of aromatic nitrogens is 1. The van der Waals surface area contributed by atoms with Gasteiger partial charge in [0.1, 0.15) is 23.0 Å². The fraction of sp³-hybridized carbons (Fsp3) is 0.0833. The molecule has 6 nitrogen and oxygen atoms in total. The molecular weight excluding hydrogens is 380 g/mol. The normalized spacial score (nSPS) is 12.4. The topological polar surface area (TPSA) is 98.3 Å². The molecule has 30 heavy (non-hydrogen) atoms. The number of fused-ring (bicyclic) bond motifs is 3. The molecule has 3 aromatic carbocycles. The highest BCUT2D eigenvalue weighted by Gasteiger charge is 2.19. The third kappa shape index (κ3) is 3.13. The van der Waals surface area contributed by atoms with Crippen molar-refractivity contribution in [3.8, 4) is 5.75 Å². The number of nitrogens with one attached hydrogen (secondary N) is 1. The van der Waals surface area contributed by atoms with E-state index in [1.54, 1.807) is 42.5 Å². The lowest BCUT2D eigenvalue weighted by molar-refractivity contribution is -0.135. The van der Waals surface area contributed by atoms with Gasteiger partial charge in [0.25, 0.3) is 0 Å². The van der Waals surface area contributed by atoms with Crippen LogP contribution >= 0.6 is 0 Å². The minimum Gasteiger partial charge on any atom is -0.456 e. The Bertz CT molecular complexity index is 1460. The summed E-state index contributed by atoms with van der Waals surface area (Å²) in [6, 6.07) is 18.7. The second kappa shape index (κ2) is 7.17. The summed E-state index contributed by atoms with van der Waals surface area (Å²) in [4.78, 5) is 28.3. The Labute approximate surface area is 170 Å². The van der Waals surface area contributed by atoms with E-state index in [2.05, 4.69) is 4.98 Å².